The SMILES string of the molecule is CN1C[C@@H]2C[C@H]1C(=O)N[C@H](Cc1ccccc1)C(=O)NCc1cn(nn1)CCCOc1cc(Cl)ccc1C(=O)N2. The van der Waals surface area contributed by atoms with Crippen molar-refractivity contribution < 1.29 is 19.1 Å². The number of benzene rings is 2. The van der Waals surface area contributed by atoms with Crippen LogP contribution in [0.4, 0.5) is 0 Å². The molecule has 3 aromatic rings. The number of aromatic nitrogens is 3. The van der Waals surface area contributed by atoms with Crippen molar-refractivity contribution in [3.05, 3.63) is 76.6 Å². The molecule has 3 amide bonds. The summed E-state index contributed by atoms with van der Waals surface area (Å²) in [5, 5.41) is 17.6. The van der Waals surface area contributed by atoms with Crippen molar-refractivity contribution in [3.63, 3.8) is 0 Å². The van der Waals surface area contributed by atoms with E-state index >= 15 is 0 Å². The predicted octanol–water partition coefficient (Wildman–Crippen LogP) is 1.56. The maximum atomic E-state index is 13.4. The van der Waals surface area contributed by atoms with Gasteiger partial charge in [0.2, 0.25) is 11.8 Å². The van der Waals surface area contributed by atoms with Crippen LogP contribution in [0.25, 0.3) is 0 Å². The highest BCUT2D eigenvalue weighted by atomic mass is 35.5. The highest BCUT2D eigenvalue weighted by molar-refractivity contribution is 6.30. The number of rotatable bonds is 2. The van der Waals surface area contributed by atoms with Gasteiger partial charge in [-0.15, -0.1) is 5.10 Å². The number of amides is 3. The van der Waals surface area contributed by atoms with Gasteiger partial charge in [0.05, 0.1) is 31.0 Å². The van der Waals surface area contributed by atoms with E-state index in [1.54, 1.807) is 29.1 Å². The maximum absolute atomic E-state index is 13.4. The van der Waals surface area contributed by atoms with Crippen molar-refractivity contribution in [2.75, 3.05) is 20.2 Å². The number of carbonyl (C=O) groups is 3. The zero-order chi connectivity index (χ0) is 28.1. The van der Waals surface area contributed by atoms with Gasteiger partial charge in [-0.3, -0.25) is 24.0 Å². The predicted molar refractivity (Wildman–Crippen MR) is 148 cm³/mol. The average molecular weight is 566 g/mol. The maximum Gasteiger partial charge on any atom is 0.255 e. The van der Waals surface area contributed by atoms with E-state index in [0.717, 1.165) is 5.56 Å². The third-order valence-electron chi connectivity index (χ3n) is 7.11. The van der Waals surface area contributed by atoms with Gasteiger partial charge in [-0.2, -0.15) is 0 Å². The molecule has 12 heteroatoms. The van der Waals surface area contributed by atoms with Crippen LogP contribution in [0, 0.1) is 0 Å². The molecule has 3 heterocycles. The minimum absolute atomic E-state index is 0.180. The van der Waals surface area contributed by atoms with Crippen molar-refractivity contribution in [2.24, 2.45) is 0 Å². The average Bonchev–Trinajstić information content (AvgIpc) is 3.55. The normalized spacial score (nSPS) is 22.9. The number of nitrogens with zero attached hydrogens (tertiary/aromatic N) is 4. The van der Waals surface area contributed by atoms with E-state index in [4.69, 9.17) is 16.3 Å². The minimum Gasteiger partial charge on any atom is -0.493 e. The Labute approximate surface area is 237 Å². The van der Waals surface area contributed by atoms with Gasteiger partial charge in [0, 0.05) is 37.0 Å². The lowest BCUT2D eigenvalue weighted by Gasteiger charge is -2.23. The van der Waals surface area contributed by atoms with E-state index in [-0.39, 0.29) is 30.3 Å². The Balaban J connectivity index is 1.38. The summed E-state index contributed by atoms with van der Waals surface area (Å²) in [6.07, 6.45) is 3.11. The lowest BCUT2D eigenvalue weighted by atomic mass is 10.0. The minimum atomic E-state index is -0.786. The summed E-state index contributed by atoms with van der Waals surface area (Å²) in [7, 11) is 1.83. The van der Waals surface area contributed by atoms with Gasteiger partial charge in [0.1, 0.15) is 17.5 Å². The van der Waals surface area contributed by atoms with Crippen molar-refractivity contribution in [2.45, 2.75) is 50.5 Å². The first-order valence-electron chi connectivity index (χ1n) is 13.3. The van der Waals surface area contributed by atoms with Crippen LogP contribution in [0.15, 0.2) is 54.7 Å². The van der Waals surface area contributed by atoms with Crippen LogP contribution < -0.4 is 20.7 Å². The molecule has 0 saturated carbocycles. The highest BCUT2D eigenvalue weighted by Gasteiger charge is 2.37. The largest absolute Gasteiger partial charge is 0.493 e. The quantitative estimate of drug-likeness (QED) is 0.430. The number of hydrogen-bond acceptors (Lipinski definition) is 7. The summed E-state index contributed by atoms with van der Waals surface area (Å²) >= 11 is 6.19. The molecule has 0 aliphatic carbocycles. The molecular formula is C28H32ClN7O4. The van der Waals surface area contributed by atoms with Gasteiger partial charge < -0.3 is 20.7 Å². The van der Waals surface area contributed by atoms with Crippen LogP contribution in [0.1, 0.15) is 34.5 Å². The van der Waals surface area contributed by atoms with Crippen LogP contribution in [0.3, 0.4) is 0 Å². The number of ether oxygens (including phenoxy) is 1. The monoisotopic (exact) mass is 565 g/mol. The third kappa shape index (κ3) is 6.78. The van der Waals surface area contributed by atoms with Gasteiger partial charge >= 0.3 is 0 Å². The summed E-state index contributed by atoms with van der Waals surface area (Å²) in [5.41, 5.74) is 1.90. The standard InChI is InChI=1S/C28H32ClN7O4/c1-35-16-20-14-24(35)28(39)32-23(12-18-6-3-2-4-7-18)27(38)30-15-21-17-36(34-33-21)10-5-11-40-25-13-19(29)8-9-22(25)26(37)31-20/h2-4,6-9,13,17,20,23-24H,5,10-12,14-16H2,1H3,(H,30,38)(H,31,37)(H,32,39)/t20-,23+,24-/m0/s1. The molecular weight excluding hydrogens is 534 g/mol. The van der Waals surface area contributed by atoms with Gasteiger partial charge in [0.25, 0.3) is 5.91 Å². The Bertz CT molecular complexity index is 1370. The molecule has 5 rings (SSSR count). The van der Waals surface area contributed by atoms with Crippen molar-refractivity contribution in [3.8, 4) is 5.75 Å². The number of likely N-dealkylation sites (N-methyl/N-ethyl adjacent to an activating group) is 1. The lowest BCUT2D eigenvalue weighted by molar-refractivity contribution is -0.131. The smallest absolute Gasteiger partial charge is 0.255 e. The molecule has 1 aromatic heterocycles. The number of aryl methyl sites for hydroxylation is 1. The molecule has 2 aliphatic rings. The number of carbonyl (C=O) groups excluding carboxylic acids is 3. The van der Waals surface area contributed by atoms with Gasteiger partial charge in [-0.05, 0) is 37.2 Å². The molecule has 11 nitrogen and oxygen atoms in total. The molecule has 210 valence electrons. The van der Waals surface area contributed by atoms with E-state index in [0.29, 0.717) is 61.0 Å². The molecule has 0 radical (unpaired) electrons. The summed E-state index contributed by atoms with van der Waals surface area (Å²) in [6.45, 7) is 1.53. The first kappa shape index (κ1) is 27.6. The zero-order valence-electron chi connectivity index (χ0n) is 22.2. The Morgan fingerprint density at radius 3 is 2.73 bits per heavy atom. The molecule has 40 heavy (non-hydrogen) atoms. The molecule has 3 N–H and O–H groups in total. The summed E-state index contributed by atoms with van der Waals surface area (Å²) in [6, 6.07) is 12.9. The van der Waals surface area contributed by atoms with E-state index in [1.807, 2.05) is 42.3 Å². The molecule has 1 fully saturated rings. The van der Waals surface area contributed by atoms with Crippen LogP contribution in [-0.2, 0) is 29.1 Å². The van der Waals surface area contributed by atoms with Crippen LogP contribution in [-0.4, -0.2) is 75.9 Å². The molecule has 0 unspecified atom stereocenters. The first-order valence-corrected chi connectivity index (χ1v) is 13.7. The lowest BCUT2D eigenvalue weighted by Crippen LogP contribution is -2.52. The second-order valence-electron chi connectivity index (χ2n) is 10.1. The summed E-state index contributed by atoms with van der Waals surface area (Å²) < 4.78 is 7.60. The van der Waals surface area contributed by atoms with E-state index in [9.17, 15) is 14.4 Å². The van der Waals surface area contributed by atoms with Gasteiger partial charge in [-0.25, -0.2) is 0 Å². The summed E-state index contributed by atoms with van der Waals surface area (Å²) in [4.78, 5) is 41.8. The molecule has 2 aliphatic heterocycles. The number of hydrogen-bond donors (Lipinski definition) is 3. The van der Waals surface area contributed by atoms with Crippen LogP contribution >= 0.6 is 11.6 Å². The Hall–Kier alpha value is -3.96. The topological polar surface area (TPSA) is 130 Å². The summed E-state index contributed by atoms with van der Waals surface area (Å²) in [5.74, 6) is -0.491. The van der Waals surface area contributed by atoms with E-state index < -0.39 is 12.1 Å². The molecule has 1 saturated heterocycles. The van der Waals surface area contributed by atoms with E-state index in [2.05, 4.69) is 26.3 Å². The second kappa shape index (κ2) is 12.5. The van der Waals surface area contributed by atoms with Crippen LogP contribution in [0.5, 0.6) is 5.75 Å². The third-order valence-corrected chi connectivity index (χ3v) is 7.34. The number of halogens is 1. The Morgan fingerprint density at radius 2 is 1.90 bits per heavy atom. The Morgan fingerprint density at radius 1 is 1.07 bits per heavy atom. The fourth-order valence-corrected chi connectivity index (χ4v) is 5.20. The van der Waals surface area contributed by atoms with Crippen molar-refractivity contribution in [1.82, 2.24) is 35.8 Å². The van der Waals surface area contributed by atoms with Gasteiger partial charge in [-0.1, -0.05) is 47.1 Å². The zero-order valence-corrected chi connectivity index (χ0v) is 22.9. The van der Waals surface area contributed by atoms with E-state index in [1.165, 1.54) is 0 Å². The highest BCUT2D eigenvalue weighted by Crippen LogP contribution is 2.25. The number of fused-ring (bicyclic) bond motifs is 5. The molecule has 2 aromatic carbocycles. The fraction of sp³-hybridized carbons (Fsp3) is 0.393. The number of likely N-dealkylation sites (tertiary alicyclic amines) is 1. The molecule has 0 spiro atoms. The van der Waals surface area contributed by atoms with Crippen molar-refractivity contribution in [1.29, 1.82) is 0 Å². The Kier molecular flexibility index (Phi) is 8.61. The molecule has 4 bridgehead atoms. The van der Waals surface area contributed by atoms with Crippen molar-refractivity contribution >= 4 is 29.3 Å². The fourth-order valence-electron chi connectivity index (χ4n) is 5.04. The molecule has 3 atom stereocenters. The number of nitrogens with one attached hydrogen (secondary N) is 3. The van der Waals surface area contributed by atoms with Gasteiger partial charge in [0.15, 0.2) is 0 Å². The second-order valence-corrected chi connectivity index (χ2v) is 10.6. The van der Waals surface area contributed by atoms with Crippen LogP contribution in [0.2, 0.25) is 5.02 Å². The first-order chi connectivity index (χ1) is 19.4.